The molecule has 0 aliphatic carbocycles. The number of hydrogen-bond acceptors (Lipinski definition) is 4. The summed E-state index contributed by atoms with van der Waals surface area (Å²) in [6, 6.07) is 5.94. The highest BCUT2D eigenvalue weighted by Gasteiger charge is 2.20. The molecule has 1 N–H and O–H groups in total. The zero-order valence-electron chi connectivity index (χ0n) is 9.44. The number of ether oxygens (including phenoxy) is 1. The molecule has 4 heteroatoms. The first-order valence-corrected chi connectivity index (χ1v) is 4.80. The van der Waals surface area contributed by atoms with Crippen LogP contribution in [0.3, 0.4) is 0 Å². The monoisotopic (exact) mass is 219 g/mol. The second-order valence-corrected chi connectivity index (χ2v) is 4.35. The maximum Gasteiger partial charge on any atom is 0.342 e. The smallest absolute Gasteiger partial charge is 0.342 e. The number of benzene rings is 1. The summed E-state index contributed by atoms with van der Waals surface area (Å²) < 4.78 is 5.10. The molecule has 84 valence electrons. The summed E-state index contributed by atoms with van der Waals surface area (Å²) >= 11 is 0. The van der Waals surface area contributed by atoms with E-state index in [1.807, 2.05) is 6.07 Å². The molecule has 0 spiro atoms. The van der Waals surface area contributed by atoms with Crippen LogP contribution in [0.1, 0.15) is 36.7 Å². The molecule has 16 heavy (non-hydrogen) atoms. The van der Waals surface area contributed by atoms with Crippen molar-refractivity contribution in [2.24, 2.45) is 0 Å². The minimum Gasteiger partial charge on any atom is -0.507 e. The Kier molecular flexibility index (Phi) is 3.19. The maximum atomic E-state index is 11.6. The molecule has 0 saturated carbocycles. The van der Waals surface area contributed by atoms with Gasteiger partial charge in [-0.25, -0.2) is 4.79 Å². The third-order valence-electron chi connectivity index (χ3n) is 1.75. The van der Waals surface area contributed by atoms with Crippen LogP contribution in [0.2, 0.25) is 0 Å². The number of carbonyl (C=O) groups excluding carboxylic acids is 1. The number of phenolic OH excluding ortho intramolecular Hbond substituents is 1. The van der Waals surface area contributed by atoms with E-state index in [0.29, 0.717) is 5.56 Å². The summed E-state index contributed by atoms with van der Waals surface area (Å²) in [6.07, 6.45) is 0. The lowest BCUT2D eigenvalue weighted by Gasteiger charge is -2.19. The van der Waals surface area contributed by atoms with Crippen molar-refractivity contribution in [1.82, 2.24) is 0 Å². The van der Waals surface area contributed by atoms with Gasteiger partial charge in [0.1, 0.15) is 16.9 Å². The third kappa shape index (κ3) is 2.99. The predicted octanol–water partition coefficient (Wildman–Crippen LogP) is 2.22. The highest BCUT2D eigenvalue weighted by molar-refractivity contribution is 5.92. The average Bonchev–Trinajstić information content (AvgIpc) is 2.14. The summed E-state index contributed by atoms with van der Waals surface area (Å²) in [7, 11) is 0. The zero-order chi connectivity index (χ0) is 12.3. The zero-order valence-corrected chi connectivity index (χ0v) is 9.44. The van der Waals surface area contributed by atoms with E-state index in [4.69, 9.17) is 10.00 Å². The fraction of sp³-hybridized carbons (Fsp3) is 0.333. The van der Waals surface area contributed by atoms with E-state index >= 15 is 0 Å². The number of nitrogens with zero attached hydrogens (tertiary/aromatic N) is 1. The molecule has 1 rings (SSSR count). The van der Waals surface area contributed by atoms with Crippen LogP contribution in [-0.4, -0.2) is 16.7 Å². The van der Waals surface area contributed by atoms with Crippen molar-refractivity contribution >= 4 is 5.97 Å². The molecule has 0 fully saturated rings. The van der Waals surface area contributed by atoms with Crippen LogP contribution in [0.4, 0.5) is 0 Å². The van der Waals surface area contributed by atoms with Crippen molar-refractivity contribution in [3.63, 3.8) is 0 Å². The van der Waals surface area contributed by atoms with Crippen LogP contribution >= 0.6 is 0 Å². The average molecular weight is 219 g/mol. The van der Waals surface area contributed by atoms with Gasteiger partial charge in [0.05, 0.1) is 11.6 Å². The van der Waals surface area contributed by atoms with Crippen LogP contribution in [0.25, 0.3) is 0 Å². The summed E-state index contributed by atoms with van der Waals surface area (Å²) in [4.78, 5) is 11.6. The highest BCUT2D eigenvalue weighted by atomic mass is 16.6. The van der Waals surface area contributed by atoms with Crippen LogP contribution in [0.5, 0.6) is 5.75 Å². The Balaban J connectivity index is 2.98. The summed E-state index contributed by atoms with van der Waals surface area (Å²) in [5, 5.41) is 18.1. The third-order valence-corrected chi connectivity index (χ3v) is 1.75. The summed E-state index contributed by atoms with van der Waals surface area (Å²) in [6.45, 7) is 5.22. The lowest BCUT2D eigenvalue weighted by molar-refractivity contribution is 0.00668. The van der Waals surface area contributed by atoms with E-state index in [-0.39, 0.29) is 11.3 Å². The molecule has 0 bridgehead atoms. The molecule has 1 aromatic rings. The molecule has 0 amide bonds. The number of nitriles is 1. The van der Waals surface area contributed by atoms with Crippen molar-refractivity contribution in [3.05, 3.63) is 29.3 Å². The molecule has 0 heterocycles. The Morgan fingerprint density at radius 1 is 1.44 bits per heavy atom. The van der Waals surface area contributed by atoms with Gasteiger partial charge in [-0.1, -0.05) is 0 Å². The first-order valence-electron chi connectivity index (χ1n) is 4.80. The van der Waals surface area contributed by atoms with E-state index < -0.39 is 11.6 Å². The normalized spacial score (nSPS) is 10.6. The molecule has 0 aliphatic heterocycles. The van der Waals surface area contributed by atoms with Crippen LogP contribution in [0.15, 0.2) is 18.2 Å². The second kappa shape index (κ2) is 4.23. The Labute approximate surface area is 94.1 Å². The number of aromatic hydroxyl groups is 1. The van der Waals surface area contributed by atoms with Crippen molar-refractivity contribution in [3.8, 4) is 11.8 Å². The first-order chi connectivity index (χ1) is 7.33. The Hall–Kier alpha value is -2.02. The molecule has 1 aromatic carbocycles. The van der Waals surface area contributed by atoms with Gasteiger partial charge in [0.15, 0.2) is 0 Å². The van der Waals surface area contributed by atoms with Crippen molar-refractivity contribution in [2.45, 2.75) is 26.4 Å². The van der Waals surface area contributed by atoms with Gasteiger partial charge in [-0.15, -0.1) is 0 Å². The van der Waals surface area contributed by atoms with E-state index in [2.05, 4.69) is 0 Å². The topological polar surface area (TPSA) is 70.3 Å². The number of hydrogen-bond donors (Lipinski definition) is 1. The van der Waals surface area contributed by atoms with Gasteiger partial charge in [-0.05, 0) is 39.0 Å². The van der Waals surface area contributed by atoms with Crippen molar-refractivity contribution < 1.29 is 14.6 Å². The standard InChI is InChI=1S/C12H13NO3/c1-12(2,3)16-11(15)9-5-4-8(7-13)6-10(9)14/h4-6,14H,1-3H3. The number of esters is 1. The number of phenols is 1. The minimum absolute atomic E-state index is 0.0638. The van der Waals surface area contributed by atoms with E-state index in [1.54, 1.807) is 20.8 Å². The molecule has 0 aromatic heterocycles. The lowest BCUT2D eigenvalue weighted by atomic mass is 10.1. The Bertz CT molecular complexity index is 452. The van der Waals surface area contributed by atoms with Gasteiger partial charge >= 0.3 is 5.97 Å². The minimum atomic E-state index is -0.614. The molecule has 0 atom stereocenters. The lowest BCUT2D eigenvalue weighted by Crippen LogP contribution is -2.23. The molecular weight excluding hydrogens is 206 g/mol. The number of rotatable bonds is 1. The van der Waals surface area contributed by atoms with Crippen LogP contribution in [0, 0.1) is 11.3 Å². The molecule has 0 saturated heterocycles. The maximum absolute atomic E-state index is 11.6. The molecule has 0 radical (unpaired) electrons. The fourth-order valence-corrected chi connectivity index (χ4v) is 1.11. The fourth-order valence-electron chi connectivity index (χ4n) is 1.11. The summed E-state index contributed by atoms with van der Waals surface area (Å²) in [5.74, 6) is -0.845. The highest BCUT2D eigenvalue weighted by Crippen LogP contribution is 2.21. The van der Waals surface area contributed by atoms with Crippen LogP contribution < -0.4 is 0 Å². The van der Waals surface area contributed by atoms with E-state index in [9.17, 15) is 9.90 Å². The van der Waals surface area contributed by atoms with E-state index in [1.165, 1.54) is 18.2 Å². The molecule has 0 aliphatic rings. The molecule has 0 unspecified atom stereocenters. The first kappa shape index (κ1) is 12.1. The van der Waals surface area contributed by atoms with Gasteiger partial charge in [-0.2, -0.15) is 5.26 Å². The van der Waals surface area contributed by atoms with Gasteiger partial charge in [0.25, 0.3) is 0 Å². The SMILES string of the molecule is CC(C)(C)OC(=O)c1ccc(C#N)cc1O. The molecular formula is C12H13NO3. The quantitative estimate of drug-likeness (QED) is 0.735. The van der Waals surface area contributed by atoms with Gasteiger partial charge in [-0.3, -0.25) is 0 Å². The largest absolute Gasteiger partial charge is 0.507 e. The van der Waals surface area contributed by atoms with Gasteiger partial charge < -0.3 is 9.84 Å². The second-order valence-electron chi connectivity index (χ2n) is 4.35. The van der Waals surface area contributed by atoms with Gasteiger partial charge in [0, 0.05) is 0 Å². The van der Waals surface area contributed by atoms with Gasteiger partial charge in [0.2, 0.25) is 0 Å². The molecule has 4 nitrogen and oxygen atoms in total. The van der Waals surface area contributed by atoms with Crippen LogP contribution in [-0.2, 0) is 4.74 Å². The van der Waals surface area contributed by atoms with Crippen molar-refractivity contribution in [2.75, 3.05) is 0 Å². The Morgan fingerprint density at radius 3 is 2.50 bits per heavy atom. The Morgan fingerprint density at radius 2 is 2.06 bits per heavy atom. The van der Waals surface area contributed by atoms with Crippen molar-refractivity contribution in [1.29, 1.82) is 5.26 Å². The predicted molar refractivity (Wildman–Crippen MR) is 58.0 cm³/mol. The van der Waals surface area contributed by atoms with E-state index in [0.717, 1.165) is 0 Å². The number of carbonyl (C=O) groups is 1. The summed E-state index contributed by atoms with van der Waals surface area (Å²) in [5.41, 5.74) is -0.254.